The van der Waals surface area contributed by atoms with E-state index in [-0.39, 0.29) is 18.6 Å². The van der Waals surface area contributed by atoms with Gasteiger partial charge in [-0.2, -0.15) is 0 Å². The van der Waals surface area contributed by atoms with Crippen molar-refractivity contribution >= 4 is 33.4 Å². The molecule has 172 valence electrons. The van der Waals surface area contributed by atoms with E-state index in [4.69, 9.17) is 4.74 Å². The average molecular weight is 499 g/mol. The van der Waals surface area contributed by atoms with Gasteiger partial charge in [0.25, 0.3) is 0 Å². The first-order valence-electron chi connectivity index (χ1n) is 11.6. The summed E-state index contributed by atoms with van der Waals surface area (Å²) in [5, 5.41) is 0. The van der Waals surface area contributed by atoms with Gasteiger partial charge in [0.15, 0.2) is 0 Å². The lowest BCUT2D eigenvalue weighted by atomic mass is 9.75. The van der Waals surface area contributed by atoms with Gasteiger partial charge in [-0.3, -0.25) is 9.79 Å². The number of esters is 1. The third kappa shape index (κ3) is 6.00. The number of hydrogen-bond donors (Lipinski definition) is 0. The molecule has 4 nitrogen and oxygen atoms in total. The summed E-state index contributed by atoms with van der Waals surface area (Å²) in [5.74, 6) is 2.07. The Labute approximate surface area is 201 Å². The van der Waals surface area contributed by atoms with Crippen LogP contribution in [0.5, 0.6) is 0 Å². The molecule has 0 heterocycles. The van der Waals surface area contributed by atoms with Crippen molar-refractivity contribution in [2.24, 2.45) is 22.7 Å². The summed E-state index contributed by atoms with van der Waals surface area (Å²) >= 11 is 3.50. The Bertz CT molecular complexity index is 939. The average Bonchev–Trinajstić information content (AvgIpc) is 2.75. The molecule has 32 heavy (non-hydrogen) atoms. The van der Waals surface area contributed by atoms with Gasteiger partial charge in [-0.15, -0.1) is 0 Å². The third-order valence-corrected chi connectivity index (χ3v) is 7.04. The molecule has 2 aromatic carbocycles. The second kappa shape index (κ2) is 11.1. The second-order valence-electron chi connectivity index (χ2n) is 9.28. The highest BCUT2D eigenvalue weighted by Crippen LogP contribution is 2.35. The molecule has 0 spiro atoms. The summed E-state index contributed by atoms with van der Waals surface area (Å²) in [6, 6.07) is 16.1. The van der Waals surface area contributed by atoms with Crippen LogP contribution in [0.15, 0.2) is 58.0 Å². The fourth-order valence-electron chi connectivity index (χ4n) is 4.73. The Morgan fingerprint density at radius 2 is 1.84 bits per heavy atom. The van der Waals surface area contributed by atoms with Crippen LogP contribution in [0.3, 0.4) is 0 Å². The molecule has 0 amide bonds. The van der Waals surface area contributed by atoms with Crippen LogP contribution in [-0.4, -0.2) is 31.5 Å². The molecule has 1 saturated carbocycles. The van der Waals surface area contributed by atoms with E-state index in [1.165, 1.54) is 6.42 Å². The molecule has 2 aromatic rings. The molecule has 1 aliphatic rings. The molecule has 0 radical (unpaired) electrons. The lowest BCUT2D eigenvalue weighted by molar-refractivity contribution is -0.154. The molecule has 5 heteroatoms. The summed E-state index contributed by atoms with van der Waals surface area (Å²) < 4.78 is 7.14. The Hall–Kier alpha value is -2.14. The molecule has 3 rings (SSSR count). The van der Waals surface area contributed by atoms with Crippen molar-refractivity contribution in [2.45, 2.75) is 53.1 Å². The number of carbonyl (C=O) groups is 1. The van der Waals surface area contributed by atoms with Gasteiger partial charge in [-0.05, 0) is 61.3 Å². The Kier molecular flexibility index (Phi) is 8.52. The number of rotatable bonds is 6. The van der Waals surface area contributed by atoms with Crippen LogP contribution in [0, 0.1) is 24.7 Å². The number of carbonyl (C=O) groups excluding carboxylic acids is 1. The molecule has 0 unspecified atom stereocenters. The quantitative estimate of drug-likeness (QED) is 0.254. The van der Waals surface area contributed by atoms with Crippen molar-refractivity contribution in [1.29, 1.82) is 0 Å². The molecule has 0 saturated heterocycles. The molecule has 3 atom stereocenters. The summed E-state index contributed by atoms with van der Waals surface area (Å²) in [4.78, 5) is 19.8. The molecule has 1 aliphatic carbocycles. The summed E-state index contributed by atoms with van der Waals surface area (Å²) in [5.41, 5.74) is 3.01. The Morgan fingerprint density at radius 1 is 1.16 bits per heavy atom. The van der Waals surface area contributed by atoms with E-state index >= 15 is 0 Å². The SMILES string of the molecule is CN=C(c1ccc(Br)cc1)N(CC(=O)O[C@@H]1C[C@H](C)CC[C@H]1C(C)C)c1ccccc1C. The minimum atomic E-state index is -0.198. The minimum Gasteiger partial charge on any atom is -0.461 e. The van der Waals surface area contributed by atoms with E-state index in [1.807, 2.05) is 47.4 Å². The highest BCUT2D eigenvalue weighted by molar-refractivity contribution is 9.10. The first-order chi connectivity index (χ1) is 15.3. The number of anilines is 1. The monoisotopic (exact) mass is 498 g/mol. The number of aliphatic imine (C=N–C) groups is 1. The molecular weight excluding hydrogens is 464 g/mol. The van der Waals surface area contributed by atoms with E-state index < -0.39 is 0 Å². The normalized spacial score (nSPS) is 21.5. The van der Waals surface area contributed by atoms with Crippen molar-refractivity contribution in [1.82, 2.24) is 0 Å². The highest BCUT2D eigenvalue weighted by Gasteiger charge is 2.34. The largest absolute Gasteiger partial charge is 0.461 e. The summed E-state index contributed by atoms with van der Waals surface area (Å²) in [6.07, 6.45) is 3.27. The van der Waals surface area contributed by atoms with Crippen molar-refractivity contribution in [2.75, 3.05) is 18.5 Å². The first kappa shape index (κ1) is 24.5. The van der Waals surface area contributed by atoms with Crippen LogP contribution in [0.4, 0.5) is 5.69 Å². The Morgan fingerprint density at radius 3 is 2.47 bits per heavy atom. The van der Waals surface area contributed by atoms with Crippen LogP contribution < -0.4 is 4.90 Å². The van der Waals surface area contributed by atoms with Gasteiger partial charge in [0.05, 0.1) is 0 Å². The van der Waals surface area contributed by atoms with Crippen molar-refractivity contribution in [3.05, 3.63) is 64.1 Å². The van der Waals surface area contributed by atoms with Crippen LogP contribution in [0.25, 0.3) is 0 Å². The number of hydrogen-bond acceptors (Lipinski definition) is 3. The second-order valence-corrected chi connectivity index (χ2v) is 10.2. The molecular formula is C27H35BrN2O2. The first-order valence-corrected chi connectivity index (χ1v) is 12.3. The maximum atomic E-state index is 13.3. The van der Waals surface area contributed by atoms with E-state index in [0.717, 1.165) is 40.0 Å². The number of nitrogens with zero attached hydrogens (tertiary/aromatic N) is 2. The maximum Gasteiger partial charge on any atom is 0.326 e. The van der Waals surface area contributed by atoms with Crippen molar-refractivity contribution in [3.8, 4) is 0 Å². The van der Waals surface area contributed by atoms with Gasteiger partial charge in [0.2, 0.25) is 0 Å². The van der Waals surface area contributed by atoms with Crippen LogP contribution in [-0.2, 0) is 9.53 Å². The molecule has 0 bridgehead atoms. The maximum absolute atomic E-state index is 13.3. The van der Waals surface area contributed by atoms with Crippen molar-refractivity contribution < 1.29 is 9.53 Å². The summed E-state index contributed by atoms with van der Waals surface area (Å²) in [6.45, 7) is 8.91. The predicted molar refractivity (Wildman–Crippen MR) is 136 cm³/mol. The van der Waals surface area contributed by atoms with Crippen LogP contribution >= 0.6 is 15.9 Å². The number of benzene rings is 2. The number of amidine groups is 1. The van der Waals surface area contributed by atoms with Crippen molar-refractivity contribution in [3.63, 3.8) is 0 Å². The van der Waals surface area contributed by atoms with E-state index in [1.54, 1.807) is 7.05 Å². The lowest BCUT2D eigenvalue weighted by Crippen LogP contribution is -2.41. The number of para-hydroxylation sites is 1. The topological polar surface area (TPSA) is 41.9 Å². The van der Waals surface area contributed by atoms with Gasteiger partial charge in [0, 0.05) is 22.8 Å². The number of aryl methyl sites for hydroxylation is 1. The highest BCUT2D eigenvalue weighted by atomic mass is 79.9. The predicted octanol–water partition coefficient (Wildman–Crippen LogP) is 6.64. The van der Waals surface area contributed by atoms with Gasteiger partial charge in [-0.25, -0.2) is 0 Å². The molecule has 0 aliphatic heterocycles. The Balaban J connectivity index is 1.88. The van der Waals surface area contributed by atoms with Gasteiger partial charge in [-0.1, -0.05) is 73.5 Å². The number of ether oxygens (including phenoxy) is 1. The van der Waals surface area contributed by atoms with Crippen LogP contribution in [0.2, 0.25) is 0 Å². The third-order valence-electron chi connectivity index (χ3n) is 6.51. The zero-order chi connectivity index (χ0) is 23.3. The number of halogens is 1. The van der Waals surface area contributed by atoms with Gasteiger partial charge >= 0.3 is 5.97 Å². The zero-order valence-electron chi connectivity index (χ0n) is 19.8. The zero-order valence-corrected chi connectivity index (χ0v) is 21.4. The lowest BCUT2D eigenvalue weighted by Gasteiger charge is -2.37. The molecule has 0 aromatic heterocycles. The van der Waals surface area contributed by atoms with Gasteiger partial charge in [0.1, 0.15) is 18.5 Å². The van der Waals surface area contributed by atoms with Gasteiger partial charge < -0.3 is 9.64 Å². The smallest absolute Gasteiger partial charge is 0.326 e. The fourth-order valence-corrected chi connectivity index (χ4v) is 4.99. The van der Waals surface area contributed by atoms with E-state index in [0.29, 0.717) is 17.8 Å². The standard InChI is InChI=1S/C27H35BrN2O2/c1-18(2)23-15-10-19(3)16-25(23)32-26(31)17-30(24-9-7-6-8-20(24)4)27(29-5)21-11-13-22(28)14-12-21/h6-9,11-14,18-19,23,25H,10,15-17H2,1-5H3/t19-,23+,25-/m1/s1. The van der Waals surface area contributed by atoms with Crippen LogP contribution in [0.1, 0.15) is 51.2 Å². The molecule has 1 fully saturated rings. The molecule has 0 N–H and O–H groups in total. The summed E-state index contributed by atoms with van der Waals surface area (Å²) in [7, 11) is 1.77. The minimum absolute atomic E-state index is 0.0142. The van der Waals surface area contributed by atoms with E-state index in [2.05, 4.69) is 54.7 Å². The fraction of sp³-hybridized carbons (Fsp3) is 0.481. The van der Waals surface area contributed by atoms with E-state index in [9.17, 15) is 4.79 Å².